The Morgan fingerprint density at radius 1 is 0.943 bits per heavy atom. The number of aliphatic hydroxyl groups is 5. The zero-order chi connectivity index (χ0) is 25.3. The molecule has 0 aromatic rings. The van der Waals surface area contributed by atoms with Crippen LogP contribution in [0.25, 0.3) is 0 Å². The number of carbonyl (C=O) groups is 1. The number of carbonyl (C=O) groups excluding carboxylic acids is 1. The third-order valence-electron chi connectivity index (χ3n) is 11.5. The quantitative estimate of drug-likeness (QED) is 0.370. The molecule has 0 radical (unpaired) electrons. The van der Waals surface area contributed by atoms with Crippen LogP contribution in [0, 0.1) is 34.5 Å². The molecule has 0 unspecified atom stereocenters. The SMILES string of the molecule is C[C@@H]1O[C@@H](O[C@H]2CC[C@@]3(C)[C@H](CC[C@@H]4[C@@H]3CC[C@]3(C)[C@@H](C(=O)CO)CC[C@]43O)C2)[C@H](O)[C@H](O)[C@H]1O. The van der Waals surface area contributed by atoms with Gasteiger partial charge < -0.3 is 35.0 Å². The van der Waals surface area contributed by atoms with E-state index in [1.54, 1.807) is 6.92 Å². The van der Waals surface area contributed by atoms with Crippen molar-refractivity contribution >= 4 is 5.78 Å². The Bertz CT molecular complexity index is 821. The fourth-order valence-electron chi connectivity index (χ4n) is 9.25. The van der Waals surface area contributed by atoms with E-state index in [1.165, 1.54) is 0 Å². The van der Waals surface area contributed by atoms with Crippen LogP contribution in [0.3, 0.4) is 0 Å². The molecule has 0 amide bonds. The molecule has 4 aliphatic carbocycles. The highest BCUT2D eigenvalue weighted by Gasteiger charge is 2.68. The molecule has 0 aromatic carbocycles. The average Bonchev–Trinajstić information content (AvgIpc) is 3.12. The lowest BCUT2D eigenvalue weighted by Crippen LogP contribution is -2.63. The minimum Gasteiger partial charge on any atom is -0.389 e. The number of aliphatic hydroxyl groups excluding tert-OH is 4. The second kappa shape index (κ2) is 9.00. The molecule has 4 saturated carbocycles. The highest BCUT2D eigenvalue weighted by atomic mass is 16.7. The molecule has 0 aromatic heterocycles. The summed E-state index contributed by atoms with van der Waals surface area (Å²) in [6, 6.07) is 0. The second-order valence-corrected chi connectivity index (χ2v) is 12.8. The van der Waals surface area contributed by atoms with Crippen molar-refractivity contribution in [3.8, 4) is 0 Å². The predicted molar refractivity (Wildman–Crippen MR) is 126 cm³/mol. The molecule has 0 spiro atoms. The van der Waals surface area contributed by atoms with E-state index in [1.807, 2.05) is 0 Å². The average molecular weight is 497 g/mol. The minimum atomic E-state index is -1.29. The summed E-state index contributed by atoms with van der Waals surface area (Å²) in [7, 11) is 0. The summed E-state index contributed by atoms with van der Waals surface area (Å²) in [6.07, 6.45) is 2.25. The number of hydrogen-bond donors (Lipinski definition) is 5. The lowest BCUT2D eigenvalue weighted by molar-refractivity contribution is -0.310. The van der Waals surface area contributed by atoms with Gasteiger partial charge in [-0.25, -0.2) is 0 Å². The van der Waals surface area contributed by atoms with E-state index in [9.17, 15) is 30.3 Å². The Morgan fingerprint density at radius 3 is 2.40 bits per heavy atom. The maximum Gasteiger partial charge on any atom is 0.186 e. The van der Waals surface area contributed by atoms with Gasteiger partial charge in [-0.3, -0.25) is 4.79 Å². The van der Waals surface area contributed by atoms with E-state index >= 15 is 0 Å². The minimum absolute atomic E-state index is 0.0773. The lowest BCUT2D eigenvalue weighted by atomic mass is 9.43. The third-order valence-corrected chi connectivity index (χ3v) is 11.5. The van der Waals surface area contributed by atoms with Crippen LogP contribution in [0.1, 0.15) is 78.6 Å². The van der Waals surface area contributed by atoms with Gasteiger partial charge in [0.25, 0.3) is 0 Å². The largest absolute Gasteiger partial charge is 0.389 e. The Balaban J connectivity index is 1.29. The van der Waals surface area contributed by atoms with Gasteiger partial charge in [0.1, 0.15) is 24.9 Å². The number of rotatable bonds is 4. The van der Waals surface area contributed by atoms with Gasteiger partial charge in [0.2, 0.25) is 0 Å². The van der Waals surface area contributed by atoms with Gasteiger partial charge in [0, 0.05) is 11.3 Å². The van der Waals surface area contributed by atoms with Gasteiger partial charge >= 0.3 is 0 Å². The Hall–Kier alpha value is -0.610. The molecular weight excluding hydrogens is 452 g/mol. The van der Waals surface area contributed by atoms with E-state index in [0.29, 0.717) is 24.7 Å². The molecule has 8 heteroatoms. The zero-order valence-corrected chi connectivity index (χ0v) is 21.3. The Morgan fingerprint density at radius 2 is 1.69 bits per heavy atom. The van der Waals surface area contributed by atoms with E-state index in [4.69, 9.17) is 9.47 Å². The van der Waals surface area contributed by atoms with Crippen molar-refractivity contribution in [2.75, 3.05) is 6.61 Å². The molecule has 1 saturated heterocycles. The first-order chi connectivity index (χ1) is 16.5. The Kier molecular flexibility index (Phi) is 6.69. The van der Waals surface area contributed by atoms with Crippen molar-refractivity contribution in [3.05, 3.63) is 0 Å². The van der Waals surface area contributed by atoms with Crippen molar-refractivity contribution in [2.24, 2.45) is 34.5 Å². The standard InChI is InChI=1S/C27H44O8/c1-14-21(30)22(31)23(32)24(34-14)35-16-6-9-25(2)15(12-16)4-5-18-17(25)7-10-26(3)19(20(29)13-28)8-11-27(18,26)33/h14-19,21-24,28,30-33H,4-13H2,1-3H3/t14-,15+,16-,17-,18+,19+,21-,22+,23+,24-,25-,26+,27-/m0/s1. The van der Waals surface area contributed by atoms with Crippen LogP contribution in [0.2, 0.25) is 0 Å². The normalized spacial score (nSPS) is 56.1. The van der Waals surface area contributed by atoms with Crippen LogP contribution in [0.4, 0.5) is 0 Å². The molecule has 5 rings (SSSR count). The van der Waals surface area contributed by atoms with Crippen LogP contribution in [0.5, 0.6) is 0 Å². The monoisotopic (exact) mass is 496 g/mol. The topological polar surface area (TPSA) is 137 Å². The number of fused-ring (bicyclic) bond motifs is 5. The molecule has 5 aliphatic rings. The van der Waals surface area contributed by atoms with Gasteiger partial charge in [-0.15, -0.1) is 0 Å². The molecule has 1 heterocycles. The first-order valence-corrected chi connectivity index (χ1v) is 13.7. The molecule has 5 fully saturated rings. The summed E-state index contributed by atoms with van der Waals surface area (Å²) in [4.78, 5) is 12.5. The second-order valence-electron chi connectivity index (χ2n) is 12.8. The van der Waals surface area contributed by atoms with Crippen LogP contribution in [-0.2, 0) is 14.3 Å². The van der Waals surface area contributed by atoms with Crippen molar-refractivity contribution < 1.29 is 39.8 Å². The summed E-state index contributed by atoms with van der Waals surface area (Å²) >= 11 is 0. The molecule has 8 nitrogen and oxygen atoms in total. The van der Waals surface area contributed by atoms with Gasteiger partial charge in [-0.1, -0.05) is 13.8 Å². The first-order valence-electron chi connectivity index (χ1n) is 13.7. The molecule has 1 aliphatic heterocycles. The van der Waals surface area contributed by atoms with Gasteiger partial charge in [0.05, 0.1) is 17.8 Å². The molecule has 200 valence electrons. The molecule has 5 N–H and O–H groups in total. The number of ether oxygens (including phenoxy) is 2. The summed E-state index contributed by atoms with van der Waals surface area (Å²) in [6.45, 7) is 5.67. The molecule has 35 heavy (non-hydrogen) atoms. The molecule has 0 bridgehead atoms. The summed E-state index contributed by atoms with van der Waals surface area (Å²) in [5.41, 5.74) is -1.25. The van der Waals surface area contributed by atoms with Crippen molar-refractivity contribution in [2.45, 2.75) is 121 Å². The molecular formula is C27H44O8. The number of ketones is 1. The third kappa shape index (κ3) is 3.77. The zero-order valence-electron chi connectivity index (χ0n) is 21.3. The number of hydrogen-bond acceptors (Lipinski definition) is 8. The fraction of sp³-hybridized carbons (Fsp3) is 0.963. The van der Waals surface area contributed by atoms with E-state index in [-0.39, 0.29) is 29.1 Å². The highest BCUT2D eigenvalue weighted by Crippen LogP contribution is 2.69. The van der Waals surface area contributed by atoms with Gasteiger partial charge in [-0.05, 0) is 87.9 Å². The van der Waals surface area contributed by atoms with Gasteiger partial charge in [0.15, 0.2) is 12.1 Å². The first kappa shape index (κ1) is 26.0. The maximum atomic E-state index is 12.5. The fourth-order valence-corrected chi connectivity index (χ4v) is 9.25. The maximum absolute atomic E-state index is 12.5. The van der Waals surface area contributed by atoms with Crippen LogP contribution in [0.15, 0.2) is 0 Å². The van der Waals surface area contributed by atoms with E-state index in [0.717, 1.165) is 44.9 Å². The van der Waals surface area contributed by atoms with E-state index in [2.05, 4.69) is 13.8 Å². The number of Topliss-reactive ketones (excluding diaryl/α,β-unsaturated/α-hetero) is 1. The van der Waals surface area contributed by atoms with Crippen LogP contribution < -0.4 is 0 Å². The van der Waals surface area contributed by atoms with Crippen molar-refractivity contribution in [3.63, 3.8) is 0 Å². The van der Waals surface area contributed by atoms with Crippen molar-refractivity contribution in [1.29, 1.82) is 0 Å². The summed E-state index contributed by atoms with van der Waals surface area (Å²) in [5, 5.41) is 52.1. The van der Waals surface area contributed by atoms with Gasteiger partial charge in [-0.2, -0.15) is 0 Å². The lowest BCUT2D eigenvalue weighted by Gasteiger charge is -2.63. The van der Waals surface area contributed by atoms with E-state index < -0.39 is 48.3 Å². The molecule has 13 atom stereocenters. The van der Waals surface area contributed by atoms with Crippen molar-refractivity contribution in [1.82, 2.24) is 0 Å². The highest BCUT2D eigenvalue weighted by molar-refractivity contribution is 5.83. The van der Waals surface area contributed by atoms with Crippen LogP contribution >= 0.6 is 0 Å². The smallest absolute Gasteiger partial charge is 0.186 e. The van der Waals surface area contributed by atoms with Crippen LogP contribution in [-0.4, -0.2) is 80.3 Å². The Labute approximate surface area is 208 Å². The summed E-state index contributed by atoms with van der Waals surface area (Å²) in [5.74, 6) is 0.597. The summed E-state index contributed by atoms with van der Waals surface area (Å²) < 4.78 is 11.8. The predicted octanol–water partition coefficient (Wildman–Crippen LogP) is 1.53.